The molecule has 4 aromatic carbocycles. The molecular weight excluding hydrogens is 639 g/mol. The predicted molar refractivity (Wildman–Crippen MR) is 177 cm³/mol. The lowest BCUT2D eigenvalue weighted by molar-refractivity contribution is -0.250. The molecule has 244 valence electrons. The summed E-state index contributed by atoms with van der Waals surface area (Å²) < 4.78 is 60.6. The standard InChI is InChI=1S/C36H35NO8S2/c1-25(38)44-34-33(43-23-28-17-9-4-10-18-28)32(42-22-27-15-7-3-8-16-27)30(24-41-21-26-13-5-2-6-14-26)45-35(34)47(39,40)36-37-29-19-11-12-20-31(29)46-36/h2-20,30,32-35H,21-24H2,1H3/t30-,32-,33+,34-,35-/m1/s1. The molecule has 0 unspecified atom stereocenters. The number of nitrogens with zero attached hydrogens (tertiary/aromatic N) is 1. The second kappa shape index (κ2) is 15.3. The number of thiazole rings is 1. The highest BCUT2D eigenvalue weighted by Gasteiger charge is 2.55. The van der Waals surface area contributed by atoms with Crippen LogP contribution in [0.1, 0.15) is 23.6 Å². The van der Waals surface area contributed by atoms with Gasteiger partial charge in [-0.05, 0) is 28.8 Å². The van der Waals surface area contributed by atoms with E-state index in [1.165, 1.54) is 6.92 Å². The molecule has 6 rings (SSSR count). The first-order valence-electron chi connectivity index (χ1n) is 15.2. The van der Waals surface area contributed by atoms with E-state index in [4.69, 9.17) is 23.7 Å². The van der Waals surface area contributed by atoms with Crippen molar-refractivity contribution >= 4 is 37.4 Å². The fourth-order valence-corrected chi connectivity index (χ4v) is 8.44. The lowest BCUT2D eigenvalue weighted by Gasteiger charge is -2.45. The van der Waals surface area contributed by atoms with Crippen LogP contribution in [0.3, 0.4) is 0 Å². The molecule has 47 heavy (non-hydrogen) atoms. The number of para-hydroxylation sites is 1. The number of hydrogen-bond acceptors (Lipinski definition) is 10. The second-order valence-corrected chi connectivity index (χ2v) is 14.4. The Morgan fingerprint density at radius 1 is 0.723 bits per heavy atom. The van der Waals surface area contributed by atoms with E-state index in [-0.39, 0.29) is 30.8 Å². The molecule has 2 heterocycles. The molecule has 1 saturated heterocycles. The quantitative estimate of drug-likeness (QED) is 0.137. The van der Waals surface area contributed by atoms with E-state index in [1.54, 1.807) is 18.2 Å². The molecule has 0 bridgehead atoms. The predicted octanol–water partition coefficient (Wildman–Crippen LogP) is 6.11. The van der Waals surface area contributed by atoms with Crippen molar-refractivity contribution in [2.24, 2.45) is 0 Å². The molecule has 0 N–H and O–H groups in total. The Morgan fingerprint density at radius 2 is 1.26 bits per heavy atom. The van der Waals surface area contributed by atoms with Crippen LogP contribution < -0.4 is 0 Å². The Kier molecular flexibility index (Phi) is 10.7. The van der Waals surface area contributed by atoms with Crippen LogP contribution in [0.25, 0.3) is 10.2 Å². The first kappa shape index (κ1) is 33.0. The summed E-state index contributed by atoms with van der Waals surface area (Å²) in [4.78, 5) is 17.0. The second-order valence-electron chi connectivity index (χ2n) is 11.1. The highest BCUT2D eigenvalue weighted by Crippen LogP contribution is 2.37. The minimum atomic E-state index is -4.32. The van der Waals surface area contributed by atoms with Gasteiger partial charge in [0.2, 0.25) is 19.6 Å². The first-order chi connectivity index (χ1) is 22.9. The lowest BCUT2D eigenvalue weighted by atomic mass is 9.99. The maximum atomic E-state index is 14.4. The monoisotopic (exact) mass is 673 g/mol. The van der Waals surface area contributed by atoms with Gasteiger partial charge in [-0.15, -0.1) is 11.3 Å². The minimum Gasteiger partial charge on any atom is -0.456 e. The van der Waals surface area contributed by atoms with Gasteiger partial charge in [-0.2, -0.15) is 0 Å². The number of benzene rings is 4. The Balaban J connectivity index is 1.38. The summed E-state index contributed by atoms with van der Waals surface area (Å²) in [5.41, 5.74) is 1.59. The largest absolute Gasteiger partial charge is 0.456 e. The topological polar surface area (TPSA) is 110 Å². The Hall–Kier alpha value is -3.97. The lowest BCUT2D eigenvalue weighted by Crippen LogP contribution is -2.63. The highest BCUT2D eigenvalue weighted by molar-refractivity contribution is 7.94. The van der Waals surface area contributed by atoms with Crippen LogP contribution >= 0.6 is 11.3 Å². The van der Waals surface area contributed by atoms with E-state index in [0.29, 0.717) is 10.2 Å². The number of sulfone groups is 1. The summed E-state index contributed by atoms with van der Waals surface area (Å²) in [6.45, 7) is 1.77. The van der Waals surface area contributed by atoms with Gasteiger partial charge in [0, 0.05) is 6.92 Å². The average molecular weight is 674 g/mol. The number of rotatable bonds is 13. The van der Waals surface area contributed by atoms with Crippen molar-refractivity contribution in [3.63, 3.8) is 0 Å². The highest BCUT2D eigenvalue weighted by atomic mass is 32.2. The molecule has 0 amide bonds. The summed E-state index contributed by atoms with van der Waals surface area (Å²) in [5, 5.41) is 0. The molecule has 1 aliphatic rings. The fourth-order valence-electron chi connectivity index (χ4n) is 5.44. The van der Waals surface area contributed by atoms with Gasteiger partial charge in [0.1, 0.15) is 18.3 Å². The van der Waals surface area contributed by atoms with E-state index in [0.717, 1.165) is 28.0 Å². The summed E-state index contributed by atoms with van der Waals surface area (Å²) in [6, 6.07) is 35.8. The number of hydrogen-bond donors (Lipinski definition) is 0. The normalized spacial score (nSPS) is 21.4. The van der Waals surface area contributed by atoms with E-state index in [9.17, 15) is 13.2 Å². The third-order valence-electron chi connectivity index (χ3n) is 7.68. The number of carbonyl (C=O) groups excluding carboxylic acids is 1. The van der Waals surface area contributed by atoms with Gasteiger partial charge in [-0.25, -0.2) is 13.4 Å². The SMILES string of the molecule is CC(=O)O[C@@H]1[C@@H](OCc2ccccc2)[C@H](OCc2ccccc2)[C@@H](COCc2ccccc2)O[C@@H]1S(=O)(=O)c1nc2ccccc2s1. The van der Waals surface area contributed by atoms with Crippen LogP contribution in [0, 0.1) is 0 Å². The van der Waals surface area contributed by atoms with Gasteiger partial charge in [0.25, 0.3) is 0 Å². The van der Waals surface area contributed by atoms with E-state index in [1.807, 2.05) is 97.1 Å². The molecule has 0 saturated carbocycles. The molecule has 1 fully saturated rings. The van der Waals surface area contributed by atoms with Crippen molar-refractivity contribution in [1.82, 2.24) is 4.98 Å². The van der Waals surface area contributed by atoms with E-state index in [2.05, 4.69) is 4.98 Å². The Morgan fingerprint density at radius 3 is 1.83 bits per heavy atom. The molecule has 5 atom stereocenters. The van der Waals surface area contributed by atoms with Gasteiger partial charge in [-0.3, -0.25) is 4.79 Å². The van der Waals surface area contributed by atoms with Crippen LogP contribution in [0.4, 0.5) is 0 Å². The first-order valence-corrected chi connectivity index (χ1v) is 17.6. The van der Waals surface area contributed by atoms with E-state index >= 15 is 0 Å². The van der Waals surface area contributed by atoms with Gasteiger partial charge >= 0.3 is 5.97 Å². The van der Waals surface area contributed by atoms with E-state index < -0.39 is 45.7 Å². The molecule has 0 aliphatic carbocycles. The van der Waals surface area contributed by atoms with Crippen molar-refractivity contribution in [3.05, 3.63) is 132 Å². The number of fused-ring (bicyclic) bond motifs is 1. The summed E-state index contributed by atoms with van der Waals surface area (Å²) >= 11 is 1.03. The van der Waals surface area contributed by atoms with Crippen LogP contribution in [-0.4, -0.2) is 55.8 Å². The van der Waals surface area contributed by atoms with Crippen molar-refractivity contribution < 1.29 is 36.9 Å². The number of esters is 1. The van der Waals surface area contributed by atoms with Gasteiger partial charge in [0.15, 0.2) is 6.10 Å². The van der Waals surface area contributed by atoms with Crippen molar-refractivity contribution in [2.75, 3.05) is 6.61 Å². The zero-order valence-corrected chi connectivity index (χ0v) is 27.3. The van der Waals surface area contributed by atoms with Gasteiger partial charge in [0.05, 0.1) is 36.6 Å². The van der Waals surface area contributed by atoms with Gasteiger partial charge in [-0.1, -0.05) is 103 Å². The molecule has 1 aliphatic heterocycles. The van der Waals surface area contributed by atoms with Crippen molar-refractivity contribution in [3.8, 4) is 0 Å². The van der Waals surface area contributed by atoms with Gasteiger partial charge < -0.3 is 23.7 Å². The van der Waals surface area contributed by atoms with Crippen molar-refractivity contribution in [1.29, 1.82) is 0 Å². The van der Waals surface area contributed by atoms with Crippen LogP contribution in [0.15, 0.2) is 120 Å². The zero-order chi connectivity index (χ0) is 32.6. The van der Waals surface area contributed by atoms with Crippen molar-refractivity contribution in [2.45, 2.75) is 60.9 Å². The number of carbonyl (C=O) groups is 1. The zero-order valence-electron chi connectivity index (χ0n) is 25.7. The fraction of sp³-hybridized carbons (Fsp3) is 0.278. The smallest absolute Gasteiger partial charge is 0.303 e. The van der Waals surface area contributed by atoms with Crippen LogP contribution in [-0.2, 0) is 58.1 Å². The average Bonchev–Trinajstić information content (AvgIpc) is 3.54. The third-order valence-corrected chi connectivity index (χ3v) is 11.0. The van der Waals surface area contributed by atoms with Crippen LogP contribution in [0.2, 0.25) is 0 Å². The molecule has 9 nitrogen and oxygen atoms in total. The molecular formula is C36H35NO8S2. The molecule has 5 aromatic rings. The maximum absolute atomic E-state index is 14.4. The molecule has 1 aromatic heterocycles. The Labute approximate surface area is 278 Å². The number of ether oxygens (including phenoxy) is 5. The Bertz CT molecular complexity index is 1820. The third kappa shape index (κ3) is 8.13. The minimum absolute atomic E-state index is 0.0157. The number of aromatic nitrogens is 1. The summed E-state index contributed by atoms with van der Waals surface area (Å²) in [5.74, 6) is -0.683. The maximum Gasteiger partial charge on any atom is 0.303 e. The molecule has 0 spiro atoms. The molecule has 11 heteroatoms. The molecule has 0 radical (unpaired) electrons. The van der Waals surface area contributed by atoms with Crippen LogP contribution in [0.5, 0.6) is 0 Å². The summed E-state index contributed by atoms with van der Waals surface area (Å²) in [7, 11) is -4.32. The summed E-state index contributed by atoms with van der Waals surface area (Å²) in [6.07, 6.45) is -4.21.